The monoisotopic (exact) mass is 295 g/mol. The van der Waals surface area contributed by atoms with Crippen LogP contribution in [0.25, 0.3) is 0 Å². The molecule has 0 saturated carbocycles. The summed E-state index contributed by atoms with van der Waals surface area (Å²) >= 11 is 1.21. The van der Waals surface area contributed by atoms with Gasteiger partial charge in [0.15, 0.2) is 0 Å². The molecular formula is C13H14FN3O2S. The van der Waals surface area contributed by atoms with E-state index in [-0.39, 0.29) is 16.7 Å². The zero-order chi connectivity index (χ0) is 14.7. The number of amides is 1. The number of nitrogens with zero attached hydrogens (tertiary/aromatic N) is 2. The average Bonchev–Trinajstić information content (AvgIpc) is 2.85. The fourth-order valence-electron chi connectivity index (χ4n) is 1.77. The minimum atomic E-state index is -0.405. The van der Waals surface area contributed by atoms with Crippen molar-refractivity contribution in [3.05, 3.63) is 39.6 Å². The zero-order valence-electron chi connectivity index (χ0n) is 11.3. The number of rotatable bonds is 4. The first-order chi connectivity index (χ1) is 9.51. The second-order valence-electron chi connectivity index (χ2n) is 4.21. The predicted octanol–water partition coefficient (Wildman–Crippen LogP) is 2.49. The number of ether oxygens (including phenoxy) is 1. The van der Waals surface area contributed by atoms with Gasteiger partial charge in [-0.3, -0.25) is 4.79 Å². The van der Waals surface area contributed by atoms with Gasteiger partial charge < -0.3 is 10.1 Å². The van der Waals surface area contributed by atoms with Crippen molar-refractivity contribution in [2.24, 2.45) is 0 Å². The average molecular weight is 295 g/mol. The van der Waals surface area contributed by atoms with Crippen molar-refractivity contribution < 1.29 is 13.9 Å². The van der Waals surface area contributed by atoms with Gasteiger partial charge in [-0.05, 0) is 32.0 Å². The Hall–Kier alpha value is -2.02. The number of aryl methyl sites for hydroxylation is 1. The van der Waals surface area contributed by atoms with Crippen LogP contribution in [0.3, 0.4) is 0 Å². The van der Waals surface area contributed by atoms with Crippen LogP contribution >= 0.6 is 11.3 Å². The minimum absolute atomic E-state index is 0.282. The molecule has 0 aliphatic carbocycles. The molecule has 1 aromatic heterocycles. The quantitative estimate of drug-likeness (QED) is 0.941. The number of carbonyl (C=O) groups excluding carboxylic acids is 1. The Labute approximate surface area is 119 Å². The van der Waals surface area contributed by atoms with E-state index in [1.54, 1.807) is 13.8 Å². The van der Waals surface area contributed by atoms with E-state index in [0.717, 1.165) is 0 Å². The maximum absolute atomic E-state index is 13.3. The molecular weight excluding hydrogens is 281 g/mol. The van der Waals surface area contributed by atoms with Gasteiger partial charge in [-0.25, -0.2) is 4.39 Å². The Balaban J connectivity index is 2.17. The Morgan fingerprint density at radius 3 is 2.80 bits per heavy atom. The first-order valence-corrected chi connectivity index (χ1v) is 6.77. The Bertz CT molecular complexity index is 630. The lowest BCUT2D eigenvalue weighted by atomic mass is 10.1. The van der Waals surface area contributed by atoms with Gasteiger partial charge >= 0.3 is 0 Å². The van der Waals surface area contributed by atoms with E-state index in [1.807, 2.05) is 0 Å². The number of nitrogens with one attached hydrogen (secondary N) is 1. The van der Waals surface area contributed by atoms with Gasteiger partial charge in [-0.1, -0.05) is 11.3 Å². The molecule has 1 amide bonds. The molecule has 2 rings (SSSR count). The molecule has 0 radical (unpaired) electrons. The molecule has 0 aliphatic heterocycles. The molecule has 1 aromatic carbocycles. The van der Waals surface area contributed by atoms with Crippen LogP contribution in [-0.4, -0.2) is 23.2 Å². The predicted molar refractivity (Wildman–Crippen MR) is 73.5 cm³/mol. The molecule has 106 valence electrons. The summed E-state index contributed by atoms with van der Waals surface area (Å²) in [7, 11) is 1.50. The van der Waals surface area contributed by atoms with Gasteiger partial charge in [0, 0.05) is 5.56 Å². The maximum atomic E-state index is 13.3. The van der Waals surface area contributed by atoms with E-state index >= 15 is 0 Å². The normalized spacial score (nSPS) is 12.0. The van der Waals surface area contributed by atoms with E-state index in [2.05, 4.69) is 15.5 Å². The van der Waals surface area contributed by atoms with Crippen LogP contribution in [0.1, 0.15) is 33.3 Å². The Morgan fingerprint density at radius 2 is 2.20 bits per heavy atom. The van der Waals surface area contributed by atoms with Crippen LogP contribution in [0.5, 0.6) is 5.75 Å². The van der Waals surface area contributed by atoms with E-state index in [4.69, 9.17) is 4.74 Å². The van der Waals surface area contributed by atoms with E-state index in [9.17, 15) is 9.18 Å². The fraction of sp³-hybridized carbons (Fsp3) is 0.308. The number of carbonyl (C=O) groups is 1. The molecule has 0 bridgehead atoms. The molecule has 1 heterocycles. The number of aromatic nitrogens is 2. The maximum Gasteiger partial charge on any atom is 0.282 e. The van der Waals surface area contributed by atoms with Crippen molar-refractivity contribution in [2.45, 2.75) is 19.9 Å². The molecule has 1 N–H and O–H groups in total. The number of halogens is 1. The summed E-state index contributed by atoms with van der Waals surface area (Å²) in [5, 5.41) is 11.3. The molecule has 20 heavy (non-hydrogen) atoms. The first-order valence-electron chi connectivity index (χ1n) is 5.95. The molecule has 0 fully saturated rings. The number of methoxy groups -OCH3 is 1. The smallest absolute Gasteiger partial charge is 0.282 e. The van der Waals surface area contributed by atoms with Gasteiger partial charge in [0.25, 0.3) is 5.91 Å². The number of hydrogen-bond acceptors (Lipinski definition) is 5. The lowest BCUT2D eigenvalue weighted by molar-refractivity contribution is 0.0938. The first kappa shape index (κ1) is 14.4. The van der Waals surface area contributed by atoms with E-state index in [0.29, 0.717) is 16.3 Å². The summed E-state index contributed by atoms with van der Waals surface area (Å²) in [4.78, 5) is 12.0. The van der Waals surface area contributed by atoms with Crippen molar-refractivity contribution in [1.82, 2.24) is 15.5 Å². The third kappa shape index (κ3) is 3.11. The molecule has 1 atom stereocenters. The summed E-state index contributed by atoms with van der Waals surface area (Å²) < 4.78 is 18.5. The van der Waals surface area contributed by atoms with Crippen LogP contribution in [0, 0.1) is 12.7 Å². The standard InChI is InChI=1S/C13H14FN3O2S/c1-7(10-6-9(14)4-5-11(10)19-3)15-12(18)13-17-16-8(2)20-13/h4-7H,1-3H3,(H,15,18). The molecule has 1 unspecified atom stereocenters. The third-order valence-electron chi connectivity index (χ3n) is 2.73. The lowest BCUT2D eigenvalue weighted by Gasteiger charge is -2.16. The van der Waals surface area contributed by atoms with E-state index in [1.165, 1.54) is 36.6 Å². The Morgan fingerprint density at radius 1 is 1.45 bits per heavy atom. The fourth-order valence-corrected chi connectivity index (χ4v) is 2.36. The van der Waals surface area contributed by atoms with Crippen molar-refractivity contribution in [1.29, 1.82) is 0 Å². The molecule has 7 heteroatoms. The molecule has 0 aliphatic rings. The van der Waals surface area contributed by atoms with Crippen LogP contribution < -0.4 is 10.1 Å². The Kier molecular flexibility index (Phi) is 4.29. The van der Waals surface area contributed by atoms with Crippen molar-refractivity contribution in [2.75, 3.05) is 7.11 Å². The van der Waals surface area contributed by atoms with Gasteiger partial charge in [0.1, 0.15) is 16.6 Å². The van der Waals surface area contributed by atoms with Crippen LogP contribution in [-0.2, 0) is 0 Å². The second-order valence-corrected chi connectivity index (χ2v) is 5.39. The van der Waals surface area contributed by atoms with Crippen LogP contribution in [0.4, 0.5) is 4.39 Å². The molecule has 0 saturated heterocycles. The summed E-state index contributed by atoms with van der Waals surface area (Å²) in [5.41, 5.74) is 0.571. The highest BCUT2D eigenvalue weighted by Crippen LogP contribution is 2.26. The second kappa shape index (κ2) is 5.96. The topological polar surface area (TPSA) is 64.1 Å². The van der Waals surface area contributed by atoms with Crippen LogP contribution in [0.2, 0.25) is 0 Å². The highest BCUT2D eigenvalue weighted by molar-refractivity contribution is 7.13. The SMILES string of the molecule is COc1ccc(F)cc1C(C)NC(=O)c1nnc(C)s1. The van der Waals surface area contributed by atoms with Gasteiger partial charge in [0.2, 0.25) is 5.01 Å². The highest BCUT2D eigenvalue weighted by Gasteiger charge is 2.18. The summed E-state index contributed by atoms with van der Waals surface area (Å²) in [6.45, 7) is 3.52. The van der Waals surface area contributed by atoms with Gasteiger partial charge in [0.05, 0.1) is 13.2 Å². The van der Waals surface area contributed by atoms with Gasteiger partial charge in [-0.15, -0.1) is 10.2 Å². The van der Waals surface area contributed by atoms with Crippen molar-refractivity contribution in [3.63, 3.8) is 0 Å². The lowest BCUT2D eigenvalue weighted by Crippen LogP contribution is -2.27. The summed E-state index contributed by atoms with van der Waals surface area (Å²) in [5.74, 6) is -0.198. The van der Waals surface area contributed by atoms with E-state index < -0.39 is 6.04 Å². The molecule has 2 aromatic rings. The third-order valence-corrected chi connectivity index (χ3v) is 3.56. The number of hydrogen-bond donors (Lipinski definition) is 1. The largest absolute Gasteiger partial charge is 0.496 e. The molecule has 5 nitrogen and oxygen atoms in total. The summed E-state index contributed by atoms with van der Waals surface area (Å²) in [6.07, 6.45) is 0. The summed E-state index contributed by atoms with van der Waals surface area (Å²) in [6, 6.07) is 3.78. The highest BCUT2D eigenvalue weighted by atomic mass is 32.1. The molecule has 0 spiro atoms. The number of benzene rings is 1. The van der Waals surface area contributed by atoms with Crippen molar-refractivity contribution >= 4 is 17.2 Å². The van der Waals surface area contributed by atoms with Gasteiger partial charge in [-0.2, -0.15) is 0 Å². The van der Waals surface area contributed by atoms with Crippen LogP contribution in [0.15, 0.2) is 18.2 Å². The van der Waals surface area contributed by atoms with Crippen molar-refractivity contribution in [3.8, 4) is 5.75 Å². The minimum Gasteiger partial charge on any atom is -0.496 e. The zero-order valence-corrected chi connectivity index (χ0v) is 12.1.